The predicted octanol–water partition coefficient (Wildman–Crippen LogP) is 5.14. The quantitative estimate of drug-likeness (QED) is 0.372. The summed E-state index contributed by atoms with van der Waals surface area (Å²) < 4.78 is 17.3. The number of benzene rings is 1. The Morgan fingerprint density at radius 2 is 1.87 bits per heavy atom. The summed E-state index contributed by atoms with van der Waals surface area (Å²) in [5.41, 5.74) is 1.15. The van der Waals surface area contributed by atoms with E-state index >= 15 is 0 Å². The number of methoxy groups -OCH3 is 1. The summed E-state index contributed by atoms with van der Waals surface area (Å²) >= 11 is 0. The van der Waals surface area contributed by atoms with E-state index in [-0.39, 0.29) is 12.2 Å². The van der Waals surface area contributed by atoms with E-state index in [1.54, 1.807) is 7.11 Å². The Morgan fingerprint density at radius 3 is 2.48 bits per heavy atom. The van der Waals surface area contributed by atoms with Gasteiger partial charge in [0.1, 0.15) is 5.75 Å². The summed E-state index contributed by atoms with van der Waals surface area (Å²) in [6.07, 6.45) is 7.54. The van der Waals surface area contributed by atoms with Crippen LogP contribution in [0.1, 0.15) is 51.5 Å². The van der Waals surface area contributed by atoms with E-state index in [1.165, 1.54) is 0 Å². The second-order valence-corrected chi connectivity index (χ2v) is 5.85. The molecule has 130 valence electrons. The smallest absolute Gasteiger partial charge is 0.118 e. The van der Waals surface area contributed by atoms with Gasteiger partial charge in [0.15, 0.2) is 0 Å². The Balaban J connectivity index is 2.50. The third-order valence-corrected chi connectivity index (χ3v) is 3.92. The molecule has 0 heterocycles. The molecule has 0 radical (unpaired) electrons. The molecule has 2 atom stereocenters. The number of unbranched alkanes of at least 4 members (excludes halogenated alkanes) is 2. The number of rotatable bonds is 13. The average Bonchev–Trinajstić information content (AvgIpc) is 2.58. The minimum Gasteiger partial charge on any atom is -0.497 e. The standard InChI is InChI=1S/C20H32O3/c1-5-7-9-10-20(17(3)22-15-8-6-2)23-16-18-11-13-19(21-4)14-12-18/h5,11-14,17,20H,1,6-10,15-16H2,2-4H3/t17-,20-/m1/s1. The minimum atomic E-state index is 0.115. The lowest BCUT2D eigenvalue weighted by Crippen LogP contribution is -2.29. The Bertz CT molecular complexity index is 413. The van der Waals surface area contributed by atoms with Gasteiger partial charge >= 0.3 is 0 Å². The monoisotopic (exact) mass is 320 g/mol. The van der Waals surface area contributed by atoms with E-state index in [4.69, 9.17) is 14.2 Å². The van der Waals surface area contributed by atoms with Gasteiger partial charge in [-0.25, -0.2) is 0 Å². The van der Waals surface area contributed by atoms with Crippen LogP contribution in [0.25, 0.3) is 0 Å². The summed E-state index contributed by atoms with van der Waals surface area (Å²) in [5.74, 6) is 0.868. The molecule has 0 N–H and O–H groups in total. The molecular weight excluding hydrogens is 288 g/mol. The van der Waals surface area contributed by atoms with E-state index in [1.807, 2.05) is 30.3 Å². The van der Waals surface area contributed by atoms with Gasteiger partial charge in [0, 0.05) is 6.61 Å². The van der Waals surface area contributed by atoms with Crippen molar-refractivity contribution in [3.63, 3.8) is 0 Å². The van der Waals surface area contributed by atoms with Crippen LogP contribution in [0, 0.1) is 0 Å². The highest BCUT2D eigenvalue weighted by Gasteiger charge is 2.18. The van der Waals surface area contributed by atoms with Crippen molar-refractivity contribution in [3.05, 3.63) is 42.5 Å². The van der Waals surface area contributed by atoms with Gasteiger partial charge in [-0.15, -0.1) is 6.58 Å². The van der Waals surface area contributed by atoms with Crippen molar-refractivity contribution in [1.29, 1.82) is 0 Å². The lowest BCUT2D eigenvalue weighted by Gasteiger charge is -2.25. The van der Waals surface area contributed by atoms with Crippen LogP contribution in [0.3, 0.4) is 0 Å². The molecule has 0 aliphatic carbocycles. The molecule has 3 heteroatoms. The fraction of sp³-hybridized carbons (Fsp3) is 0.600. The molecule has 0 saturated carbocycles. The van der Waals surface area contributed by atoms with Crippen LogP contribution < -0.4 is 4.74 Å². The molecule has 0 saturated heterocycles. The molecule has 1 aromatic carbocycles. The van der Waals surface area contributed by atoms with Gasteiger partial charge < -0.3 is 14.2 Å². The SMILES string of the molecule is C=CCCC[C@@H](OCc1ccc(OC)cc1)[C@@H](C)OCCCC. The highest BCUT2D eigenvalue weighted by molar-refractivity contribution is 5.26. The van der Waals surface area contributed by atoms with Gasteiger partial charge in [0.05, 0.1) is 25.9 Å². The second kappa shape index (κ2) is 12.1. The summed E-state index contributed by atoms with van der Waals surface area (Å²) in [6, 6.07) is 8.02. The van der Waals surface area contributed by atoms with Crippen molar-refractivity contribution >= 4 is 0 Å². The van der Waals surface area contributed by atoms with Crippen LogP contribution in [-0.4, -0.2) is 25.9 Å². The van der Waals surface area contributed by atoms with Crippen molar-refractivity contribution in [2.75, 3.05) is 13.7 Å². The van der Waals surface area contributed by atoms with Crippen molar-refractivity contribution in [2.24, 2.45) is 0 Å². The molecule has 3 nitrogen and oxygen atoms in total. The molecule has 0 aromatic heterocycles. The summed E-state index contributed by atoms with van der Waals surface area (Å²) in [5, 5.41) is 0. The van der Waals surface area contributed by atoms with Crippen molar-refractivity contribution < 1.29 is 14.2 Å². The molecule has 0 unspecified atom stereocenters. The number of hydrogen-bond acceptors (Lipinski definition) is 3. The molecule has 1 aromatic rings. The van der Waals surface area contributed by atoms with Gasteiger partial charge in [-0.05, 0) is 50.3 Å². The van der Waals surface area contributed by atoms with Crippen LogP contribution >= 0.6 is 0 Å². The van der Waals surface area contributed by atoms with E-state index in [2.05, 4.69) is 20.4 Å². The molecule has 0 bridgehead atoms. The largest absolute Gasteiger partial charge is 0.497 e. The molecule has 0 aliphatic heterocycles. The Labute approximate surface area is 141 Å². The zero-order chi connectivity index (χ0) is 16.9. The highest BCUT2D eigenvalue weighted by Crippen LogP contribution is 2.17. The van der Waals surface area contributed by atoms with E-state index in [9.17, 15) is 0 Å². The summed E-state index contributed by atoms with van der Waals surface area (Å²) in [6.45, 7) is 9.49. The van der Waals surface area contributed by atoms with E-state index in [0.29, 0.717) is 6.61 Å². The first-order chi connectivity index (χ1) is 11.2. The summed E-state index contributed by atoms with van der Waals surface area (Å²) in [4.78, 5) is 0. The zero-order valence-electron chi connectivity index (χ0n) is 14.9. The molecule has 0 aliphatic rings. The minimum absolute atomic E-state index is 0.115. The number of hydrogen-bond donors (Lipinski definition) is 0. The molecule has 1 rings (SSSR count). The van der Waals surface area contributed by atoms with Gasteiger partial charge in [0.25, 0.3) is 0 Å². The zero-order valence-corrected chi connectivity index (χ0v) is 14.9. The topological polar surface area (TPSA) is 27.7 Å². The maximum Gasteiger partial charge on any atom is 0.118 e. The van der Waals surface area contributed by atoms with Crippen molar-refractivity contribution in [3.8, 4) is 5.75 Å². The normalized spacial score (nSPS) is 13.5. The van der Waals surface area contributed by atoms with Crippen LogP contribution in [0.4, 0.5) is 0 Å². The van der Waals surface area contributed by atoms with Gasteiger partial charge in [0.2, 0.25) is 0 Å². The second-order valence-electron chi connectivity index (χ2n) is 5.85. The third-order valence-electron chi connectivity index (χ3n) is 3.92. The summed E-state index contributed by atoms with van der Waals surface area (Å²) in [7, 11) is 1.68. The predicted molar refractivity (Wildman–Crippen MR) is 95.9 cm³/mol. The van der Waals surface area contributed by atoms with Crippen LogP contribution in [0.5, 0.6) is 5.75 Å². The van der Waals surface area contributed by atoms with Gasteiger partial charge in [-0.2, -0.15) is 0 Å². The van der Waals surface area contributed by atoms with Crippen molar-refractivity contribution in [2.45, 2.75) is 64.8 Å². The molecular formula is C20H32O3. The first-order valence-corrected chi connectivity index (χ1v) is 8.68. The molecule has 0 spiro atoms. The molecule has 23 heavy (non-hydrogen) atoms. The lowest BCUT2D eigenvalue weighted by atomic mass is 10.1. The van der Waals surface area contributed by atoms with Crippen LogP contribution in [-0.2, 0) is 16.1 Å². The van der Waals surface area contributed by atoms with Crippen LogP contribution in [0.2, 0.25) is 0 Å². The first kappa shape index (κ1) is 19.7. The van der Waals surface area contributed by atoms with Gasteiger partial charge in [-0.1, -0.05) is 31.6 Å². The Hall–Kier alpha value is -1.32. The van der Waals surface area contributed by atoms with Crippen molar-refractivity contribution in [1.82, 2.24) is 0 Å². The molecule has 0 fully saturated rings. The Morgan fingerprint density at radius 1 is 1.13 bits per heavy atom. The first-order valence-electron chi connectivity index (χ1n) is 8.68. The van der Waals surface area contributed by atoms with E-state index < -0.39 is 0 Å². The number of ether oxygens (including phenoxy) is 3. The Kier molecular flexibility index (Phi) is 10.4. The number of allylic oxidation sites excluding steroid dienone is 1. The fourth-order valence-electron chi connectivity index (χ4n) is 2.36. The average molecular weight is 320 g/mol. The fourth-order valence-corrected chi connectivity index (χ4v) is 2.36. The van der Waals surface area contributed by atoms with Gasteiger partial charge in [-0.3, -0.25) is 0 Å². The molecule has 0 amide bonds. The van der Waals surface area contributed by atoms with Crippen LogP contribution in [0.15, 0.2) is 36.9 Å². The third kappa shape index (κ3) is 8.19. The lowest BCUT2D eigenvalue weighted by molar-refractivity contribution is -0.0757. The van der Waals surface area contributed by atoms with E-state index in [0.717, 1.165) is 50.0 Å². The maximum atomic E-state index is 6.14. The maximum absolute atomic E-state index is 6.14. The highest BCUT2D eigenvalue weighted by atomic mass is 16.5.